The lowest BCUT2D eigenvalue weighted by Gasteiger charge is -2.19. The van der Waals surface area contributed by atoms with Gasteiger partial charge in [-0.2, -0.15) is 0 Å². The lowest BCUT2D eigenvalue weighted by Crippen LogP contribution is -2.27. The third-order valence-corrected chi connectivity index (χ3v) is 6.71. The van der Waals surface area contributed by atoms with Gasteiger partial charge >= 0.3 is 0 Å². The molecule has 0 aliphatic carbocycles. The number of amides is 1. The van der Waals surface area contributed by atoms with E-state index in [-0.39, 0.29) is 17.3 Å². The molecule has 3 aromatic rings. The first kappa shape index (κ1) is 22.0. The molecular weight excluding hydrogens is 420 g/mol. The molecule has 0 saturated carbocycles. The molecule has 1 N–H and O–H groups in total. The minimum Gasteiger partial charge on any atom is -0.494 e. The van der Waals surface area contributed by atoms with Gasteiger partial charge in [-0.25, -0.2) is 13.1 Å². The van der Waals surface area contributed by atoms with Crippen molar-refractivity contribution in [3.05, 3.63) is 82.0 Å². The van der Waals surface area contributed by atoms with Gasteiger partial charge in [-0.3, -0.25) is 4.79 Å². The quantitative estimate of drug-likeness (QED) is 0.543. The van der Waals surface area contributed by atoms with Crippen LogP contribution in [0.25, 0.3) is 0 Å². The summed E-state index contributed by atoms with van der Waals surface area (Å²) in [6.45, 7) is 3.01. The molecule has 0 radical (unpaired) electrons. The molecule has 158 valence electrons. The molecule has 0 bridgehead atoms. The number of carbonyl (C=O) groups excluding carboxylic acids is 1. The number of hydrogen-bond donors (Lipinski definition) is 1. The fourth-order valence-electron chi connectivity index (χ4n) is 2.94. The van der Waals surface area contributed by atoms with Crippen LogP contribution >= 0.6 is 11.3 Å². The van der Waals surface area contributed by atoms with Gasteiger partial charge < -0.3 is 9.64 Å². The summed E-state index contributed by atoms with van der Waals surface area (Å²) in [5, 5.41) is 1.89. The molecule has 3 rings (SSSR count). The van der Waals surface area contributed by atoms with Gasteiger partial charge in [0, 0.05) is 36.1 Å². The Morgan fingerprint density at radius 2 is 1.90 bits per heavy atom. The van der Waals surface area contributed by atoms with Crippen LogP contribution in [0.1, 0.15) is 27.7 Å². The van der Waals surface area contributed by atoms with E-state index in [2.05, 4.69) is 4.72 Å². The molecule has 0 unspecified atom stereocenters. The monoisotopic (exact) mass is 444 g/mol. The zero-order chi connectivity index (χ0) is 21.6. The number of nitrogens with zero attached hydrogens (tertiary/aromatic N) is 1. The van der Waals surface area contributed by atoms with Crippen molar-refractivity contribution in [2.75, 3.05) is 13.7 Å². The fraction of sp³-hybridized carbons (Fsp3) is 0.227. The van der Waals surface area contributed by atoms with Crippen molar-refractivity contribution in [1.29, 1.82) is 0 Å². The zero-order valence-corrected chi connectivity index (χ0v) is 18.5. The van der Waals surface area contributed by atoms with Crippen LogP contribution in [-0.4, -0.2) is 32.9 Å². The second-order valence-corrected chi connectivity index (χ2v) is 9.43. The predicted octanol–water partition coefficient (Wildman–Crippen LogP) is 3.90. The van der Waals surface area contributed by atoms with E-state index in [1.807, 2.05) is 48.7 Å². The molecule has 0 aliphatic rings. The largest absolute Gasteiger partial charge is 0.494 e. The van der Waals surface area contributed by atoms with E-state index in [4.69, 9.17) is 4.74 Å². The van der Waals surface area contributed by atoms with Crippen molar-refractivity contribution in [2.45, 2.75) is 24.9 Å². The van der Waals surface area contributed by atoms with Gasteiger partial charge in [0.15, 0.2) is 0 Å². The second-order valence-electron chi connectivity index (χ2n) is 6.63. The molecule has 6 nitrogen and oxygen atoms in total. The summed E-state index contributed by atoms with van der Waals surface area (Å²) in [7, 11) is -2.04. The Morgan fingerprint density at radius 1 is 1.10 bits per heavy atom. The normalized spacial score (nSPS) is 11.3. The summed E-state index contributed by atoms with van der Waals surface area (Å²) in [6, 6.07) is 17.4. The summed E-state index contributed by atoms with van der Waals surface area (Å²) >= 11 is 1.48. The van der Waals surface area contributed by atoms with Crippen LogP contribution in [0.2, 0.25) is 0 Å². The number of nitrogens with one attached hydrogen (secondary N) is 1. The van der Waals surface area contributed by atoms with Gasteiger partial charge in [0.1, 0.15) is 5.75 Å². The van der Waals surface area contributed by atoms with Crippen LogP contribution in [0.3, 0.4) is 0 Å². The molecule has 0 aliphatic heterocycles. The average Bonchev–Trinajstić information content (AvgIpc) is 3.27. The molecule has 30 heavy (non-hydrogen) atoms. The maximum Gasteiger partial charge on any atom is 0.253 e. The Kier molecular flexibility index (Phi) is 7.25. The van der Waals surface area contributed by atoms with Gasteiger partial charge in [-0.05, 0) is 42.6 Å². The molecule has 1 aromatic heterocycles. The predicted molar refractivity (Wildman–Crippen MR) is 118 cm³/mol. The number of thiophene rings is 1. The highest BCUT2D eigenvalue weighted by Crippen LogP contribution is 2.21. The lowest BCUT2D eigenvalue weighted by atomic mass is 10.1. The standard InChI is InChI=1S/C22H24N2O4S2/c1-3-28-21-12-5-4-8-18(21)16-24(2)22(25)17-9-6-11-20(14-17)30(26,27)23-15-19-10-7-13-29-19/h4-14,23H,3,15-16H2,1-2H3. The summed E-state index contributed by atoms with van der Waals surface area (Å²) in [6.07, 6.45) is 0. The van der Waals surface area contributed by atoms with Crippen LogP contribution in [0.5, 0.6) is 5.75 Å². The fourth-order valence-corrected chi connectivity index (χ4v) is 4.73. The second kappa shape index (κ2) is 9.88. The van der Waals surface area contributed by atoms with Crippen molar-refractivity contribution in [1.82, 2.24) is 9.62 Å². The first-order valence-corrected chi connectivity index (χ1v) is 11.9. The van der Waals surface area contributed by atoms with E-state index < -0.39 is 10.0 Å². The highest BCUT2D eigenvalue weighted by molar-refractivity contribution is 7.89. The van der Waals surface area contributed by atoms with Crippen LogP contribution in [-0.2, 0) is 23.1 Å². The van der Waals surface area contributed by atoms with Crippen molar-refractivity contribution in [2.24, 2.45) is 0 Å². The van der Waals surface area contributed by atoms with E-state index in [9.17, 15) is 13.2 Å². The molecule has 0 fully saturated rings. The minimum absolute atomic E-state index is 0.0630. The van der Waals surface area contributed by atoms with Crippen molar-refractivity contribution in [3.8, 4) is 5.75 Å². The summed E-state index contributed by atoms with van der Waals surface area (Å²) in [4.78, 5) is 15.4. The Labute approximate surface area is 181 Å². The first-order chi connectivity index (χ1) is 14.4. The van der Waals surface area contributed by atoms with Crippen LogP contribution in [0.15, 0.2) is 70.9 Å². The van der Waals surface area contributed by atoms with Crippen LogP contribution in [0, 0.1) is 0 Å². The Morgan fingerprint density at radius 3 is 2.63 bits per heavy atom. The molecule has 1 amide bonds. The van der Waals surface area contributed by atoms with Gasteiger partial charge in [-0.1, -0.05) is 30.3 Å². The van der Waals surface area contributed by atoms with E-state index in [1.165, 1.54) is 23.5 Å². The van der Waals surface area contributed by atoms with E-state index in [0.717, 1.165) is 16.2 Å². The summed E-state index contributed by atoms with van der Waals surface area (Å²) < 4.78 is 33.5. The maximum absolute atomic E-state index is 12.9. The van der Waals surface area contributed by atoms with Crippen molar-refractivity contribution < 1.29 is 17.9 Å². The number of rotatable bonds is 9. The SMILES string of the molecule is CCOc1ccccc1CN(C)C(=O)c1cccc(S(=O)(=O)NCc2cccs2)c1. The third-order valence-electron chi connectivity index (χ3n) is 4.43. The highest BCUT2D eigenvalue weighted by atomic mass is 32.2. The summed E-state index contributed by atoms with van der Waals surface area (Å²) in [5.74, 6) is 0.463. The molecule has 0 spiro atoms. The average molecular weight is 445 g/mol. The van der Waals surface area contributed by atoms with E-state index in [0.29, 0.717) is 18.7 Å². The number of sulfonamides is 1. The lowest BCUT2D eigenvalue weighted by molar-refractivity contribution is 0.0783. The number of hydrogen-bond acceptors (Lipinski definition) is 5. The molecule has 2 aromatic carbocycles. The van der Waals surface area contributed by atoms with Gasteiger partial charge in [0.05, 0.1) is 11.5 Å². The molecular formula is C22H24N2O4S2. The molecule has 0 atom stereocenters. The molecule has 0 saturated heterocycles. The number of ether oxygens (including phenoxy) is 1. The molecule has 8 heteroatoms. The Hall–Kier alpha value is -2.68. The van der Waals surface area contributed by atoms with Crippen molar-refractivity contribution in [3.63, 3.8) is 0 Å². The Bertz CT molecular complexity index is 1100. The van der Waals surface area contributed by atoms with Crippen LogP contribution in [0.4, 0.5) is 0 Å². The van der Waals surface area contributed by atoms with Crippen molar-refractivity contribution >= 4 is 27.3 Å². The minimum atomic E-state index is -3.73. The van der Waals surface area contributed by atoms with Gasteiger partial charge in [0.25, 0.3) is 5.91 Å². The van der Waals surface area contributed by atoms with Gasteiger partial charge in [-0.15, -0.1) is 11.3 Å². The molecule has 1 heterocycles. The summed E-state index contributed by atoms with van der Waals surface area (Å²) in [5.41, 5.74) is 1.20. The Balaban J connectivity index is 1.74. The number of para-hydroxylation sites is 1. The first-order valence-electron chi connectivity index (χ1n) is 9.49. The zero-order valence-electron chi connectivity index (χ0n) is 16.9. The maximum atomic E-state index is 12.9. The third kappa shape index (κ3) is 5.47. The number of carbonyl (C=O) groups is 1. The number of benzene rings is 2. The topological polar surface area (TPSA) is 75.7 Å². The van der Waals surface area contributed by atoms with E-state index >= 15 is 0 Å². The highest BCUT2D eigenvalue weighted by Gasteiger charge is 2.19. The van der Waals surface area contributed by atoms with E-state index in [1.54, 1.807) is 24.1 Å². The van der Waals surface area contributed by atoms with Crippen LogP contribution < -0.4 is 9.46 Å². The smallest absolute Gasteiger partial charge is 0.253 e. The van der Waals surface area contributed by atoms with Gasteiger partial charge in [0.2, 0.25) is 10.0 Å².